The highest BCUT2D eigenvalue weighted by Gasteiger charge is 1.98. The SMILES string of the molecule is CC(=O)O.NCCCCC(O)CO. The Kier molecular flexibility index (Phi) is 13.0. The third kappa shape index (κ3) is 24.6. The molecule has 0 spiro atoms. The van der Waals surface area contributed by atoms with E-state index in [9.17, 15) is 0 Å². The van der Waals surface area contributed by atoms with E-state index in [-0.39, 0.29) is 6.61 Å². The van der Waals surface area contributed by atoms with Crippen molar-refractivity contribution < 1.29 is 20.1 Å². The van der Waals surface area contributed by atoms with E-state index in [2.05, 4.69) is 0 Å². The number of rotatable bonds is 5. The predicted octanol–water partition coefficient (Wildman–Crippen LogP) is -0.441. The number of carboxylic acid groups (broad SMARTS) is 1. The first-order valence-corrected chi connectivity index (χ1v) is 4.23. The molecule has 0 heterocycles. The molecule has 0 aromatic heterocycles. The van der Waals surface area contributed by atoms with E-state index in [1.165, 1.54) is 0 Å². The van der Waals surface area contributed by atoms with Crippen molar-refractivity contribution in [2.75, 3.05) is 13.2 Å². The van der Waals surface area contributed by atoms with Crippen LogP contribution in [0.15, 0.2) is 0 Å². The zero-order chi connectivity index (χ0) is 10.7. The first-order chi connectivity index (χ1) is 6.04. The summed E-state index contributed by atoms with van der Waals surface area (Å²) in [7, 11) is 0. The molecular formula is C8H19NO4. The van der Waals surface area contributed by atoms with Gasteiger partial charge < -0.3 is 21.1 Å². The molecule has 0 rings (SSSR count). The molecule has 1 atom stereocenters. The van der Waals surface area contributed by atoms with Crippen LogP contribution in [0.3, 0.4) is 0 Å². The summed E-state index contributed by atoms with van der Waals surface area (Å²) in [6.45, 7) is 1.61. The van der Waals surface area contributed by atoms with Crippen molar-refractivity contribution in [1.29, 1.82) is 0 Å². The summed E-state index contributed by atoms with van der Waals surface area (Å²) in [5, 5.41) is 24.6. The predicted molar refractivity (Wildman–Crippen MR) is 49.3 cm³/mol. The summed E-state index contributed by atoms with van der Waals surface area (Å²) < 4.78 is 0. The van der Waals surface area contributed by atoms with Gasteiger partial charge in [0.25, 0.3) is 5.97 Å². The molecular weight excluding hydrogens is 174 g/mol. The van der Waals surface area contributed by atoms with E-state index in [0.717, 1.165) is 19.8 Å². The number of hydrogen-bond donors (Lipinski definition) is 4. The average molecular weight is 193 g/mol. The van der Waals surface area contributed by atoms with Crippen LogP contribution in [0, 0.1) is 0 Å². The fraction of sp³-hybridized carbons (Fsp3) is 0.875. The molecule has 5 nitrogen and oxygen atoms in total. The van der Waals surface area contributed by atoms with Gasteiger partial charge in [0, 0.05) is 6.92 Å². The zero-order valence-electron chi connectivity index (χ0n) is 7.94. The number of carbonyl (C=O) groups is 1. The largest absolute Gasteiger partial charge is 0.481 e. The van der Waals surface area contributed by atoms with Gasteiger partial charge >= 0.3 is 0 Å². The Morgan fingerprint density at radius 1 is 1.46 bits per heavy atom. The minimum atomic E-state index is -0.833. The lowest BCUT2D eigenvalue weighted by atomic mass is 10.2. The molecule has 5 N–H and O–H groups in total. The third-order valence-electron chi connectivity index (χ3n) is 1.20. The molecule has 0 aliphatic rings. The monoisotopic (exact) mass is 193 g/mol. The third-order valence-corrected chi connectivity index (χ3v) is 1.20. The first kappa shape index (κ1) is 14.9. The summed E-state index contributed by atoms with van der Waals surface area (Å²) >= 11 is 0. The van der Waals surface area contributed by atoms with Gasteiger partial charge in [-0.1, -0.05) is 0 Å². The molecule has 0 saturated carbocycles. The van der Waals surface area contributed by atoms with Gasteiger partial charge in [0.2, 0.25) is 0 Å². The van der Waals surface area contributed by atoms with Crippen LogP contribution in [0.2, 0.25) is 0 Å². The molecule has 0 bridgehead atoms. The van der Waals surface area contributed by atoms with Crippen molar-refractivity contribution in [2.45, 2.75) is 32.3 Å². The number of unbranched alkanes of at least 4 members (excludes halogenated alkanes) is 1. The fourth-order valence-electron chi connectivity index (χ4n) is 0.616. The van der Waals surface area contributed by atoms with E-state index >= 15 is 0 Å². The zero-order valence-corrected chi connectivity index (χ0v) is 7.94. The van der Waals surface area contributed by atoms with Crippen LogP contribution in [0.25, 0.3) is 0 Å². The second-order valence-electron chi connectivity index (χ2n) is 2.64. The van der Waals surface area contributed by atoms with Crippen LogP contribution < -0.4 is 5.73 Å². The van der Waals surface area contributed by atoms with Crippen LogP contribution in [-0.4, -0.2) is 40.5 Å². The quantitative estimate of drug-likeness (QED) is 0.443. The summed E-state index contributed by atoms with van der Waals surface area (Å²) in [4.78, 5) is 9.00. The highest BCUT2D eigenvalue weighted by Crippen LogP contribution is 1.97. The van der Waals surface area contributed by atoms with Crippen LogP contribution >= 0.6 is 0 Å². The molecule has 0 radical (unpaired) electrons. The molecule has 5 heteroatoms. The lowest BCUT2D eigenvalue weighted by molar-refractivity contribution is -0.134. The van der Waals surface area contributed by atoms with Gasteiger partial charge in [-0.15, -0.1) is 0 Å². The van der Waals surface area contributed by atoms with E-state index < -0.39 is 12.1 Å². The molecule has 0 fully saturated rings. The summed E-state index contributed by atoms with van der Waals surface area (Å²) in [5.41, 5.74) is 5.21. The van der Waals surface area contributed by atoms with Crippen LogP contribution in [0.5, 0.6) is 0 Å². The highest BCUT2D eigenvalue weighted by molar-refractivity contribution is 5.62. The van der Waals surface area contributed by atoms with Crippen molar-refractivity contribution in [1.82, 2.24) is 0 Å². The number of nitrogens with two attached hydrogens (primary N) is 1. The minimum absolute atomic E-state index is 0.134. The first-order valence-electron chi connectivity index (χ1n) is 4.23. The summed E-state index contributed by atoms with van der Waals surface area (Å²) in [5.74, 6) is -0.833. The van der Waals surface area contributed by atoms with Crippen molar-refractivity contribution in [3.05, 3.63) is 0 Å². The van der Waals surface area contributed by atoms with Gasteiger partial charge in [0.05, 0.1) is 12.7 Å². The lowest BCUT2D eigenvalue weighted by Crippen LogP contribution is -2.12. The fourth-order valence-corrected chi connectivity index (χ4v) is 0.616. The van der Waals surface area contributed by atoms with Gasteiger partial charge in [-0.2, -0.15) is 0 Å². The number of aliphatic hydroxyl groups excluding tert-OH is 2. The molecule has 0 aliphatic carbocycles. The second kappa shape index (κ2) is 11.4. The van der Waals surface area contributed by atoms with Crippen molar-refractivity contribution in [3.63, 3.8) is 0 Å². The van der Waals surface area contributed by atoms with Crippen molar-refractivity contribution in [3.8, 4) is 0 Å². The number of hydrogen-bond acceptors (Lipinski definition) is 4. The maximum absolute atomic E-state index is 9.00. The topological polar surface area (TPSA) is 104 Å². The molecule has 0 saturated heterocycles. The molecule has 0 aromatic rings. The maximum atomic E-state index is 9.00. The molecule has 13 heavy (non-hydrogen) atoms. The Morgan fingerprint density at radius 2 is 1.92 bits per heavy atom. The summed E-state index contributed by atoms with van der Waals surface area (Å²) in [6, 6.07) is 0. The average Bonchev–Trinajstić information content (AvgIpc) is 2.03. The number of aliphatic hydroxyl groups is 2. The Balaban J connectivity index is 0. The summed E-state index contributed by atoms with van der Waals surface area (Å²) in [6.07, 6.45) is 1.94. The van der Waals surface area contributed by atoms with Crippen LogP contribution in [0.1, 0.15) is 26.2 Å². The maximum Gasteiger partial charge on any atom is 0.300 e. The van der Waals surface area contributed by atoms with Gasteiger partial charge in [0.1, 0.15) is 0 Å². The van der Waals surface area contributed by atoms with Crippen LogP contribution in [-0.2, 0) is 4.79 Å². The Morgan fingerprint density at radius 3 is 2.23 bits per heavy atom. The number of carboxylic acids is 1. The van der Waals surface area contributed by atoms with Gasteiger partial charge in [-0.25, -0.2) is 0 Å². The normalized spacial score (nSPS) is 11.4. The highest BCUT2D eigenvalue weighted by atomic mass is 16.4. The molecule has 0 amide bonds. The Bertz CT molecular complexity index is 115. The Labute approximate surface area is 78.2 Å². The van der Waals surface area contributed by atoms with E-state index in [4.69, 9.17) is 25.8 Å². The molecule has 0 aliphatic heterocycles. The number of aliphatic carboxylic acids is 1. The second-order valence-corrected chi connectivity index (χ2v) is 2.64. The van der Waals surface area contributed by atoms with Crippen molar-refractivity contribution in [2.24, 2.45) is 5.73 Å². The smallest absolute Gasteiger partial charge is 0.300 e. The van der Waals surface area contributed by atoms with E-state index in [0.29, 0.717) is 13.0 Å². The van der Waals surface area contributed by atoms with Gasteiger partial charge in [-0.05, 0) is 25.8 Å². The van der Waals surface area contributed by atoms with E-state index in [1.807, 2.05) is 0 Å². The molecule has 1 unspecified atom stereocenters. The molecule has 0 aromatic carbocycles. The molecule has 80 valence electrons. The van der Waals surface area contributed by atoms with E-state index in [1.54, 1.807) is 0 Å². The van der Waals surface area contributed by atoms with Crippen LogP contribution in [0.4, 0.5) is 0 Å². The Hall–Kier alpha value is -0.650. The van der Waals surface area contributed by atoms with Gasteiger partial charge in [0.15, 0.2) is 0 Å². The standard InChI is InChI=1S/C6H15NO2.C2H4O2/c7-4-2-1-3-6(9)5-8;1-2(3)4/h6,8-9H,1-5,7H2;1H3,(H,3,4). The van der Waals surface area contributed by atoms with Crippen molar-refractivity contribution >= 4 is 5.97 Å². The van der Waals surface area contributed by atoms with Gasteiger partial charge in [-0.3, -0.25) is 4.79 Å². The lowest BCUT2D eigenvalue weighted by Gasteiger charge is -2.04. The minimum Gasteiger partial charge on any atom is -0.481 e.